The van der Waals surface area contributed by atoms with Gasteiger partial charge < -0.3 is 5.11 Å². The molecule has 0 fully saturated rings. The second-order valence-electron chi connectivity index (χ2n) is 3.96. The molecule has 2 rings (SSSR count). The Balaban J connectivity index is 2.38. The Bertz CT molecular complexity index is 461. The van der Waals surface area contributed by atoms with Crippen molar-refractivity contribution in [2.75, 3.05) is 13.1 Å². The minimum absolute atomic E-state index is 0.310. The lowest BCUT2D eigenvalue weighted by Crippen LogP contribution is -2.42. The molecule has 0 saturated heterocycles. The predicted octanol–water partition coefficient (Wildman–Crippen LogP) is 1.54. The lowest BCUT2D eigenvalue weighted by atomic mass is 9.93. The molecule has 6 heteroatoms. The lowest BCUT2D eigenvalue weighted by Gasteiger charge is -2.32. The topological polar surface area (TPSA) is 83.7 Å². The molecule has 1 heterocycles. The summed E-state index contributed by atoms with van der Waals surface area (Å²) in [6.45, 7) is -0.0752. The molecule has 0 spiro atoms. The number of rotatable bonds is 2. The van der Waals surface area contributed by atoms with Crippen LogP contribution >= 0.6 is 0 Å². The van der Waals surface area contributed by atoms with Crippen LogP contribution in [-0.4, -0.2) is 34.1 Å². The van der Waals surface area contributed by atoms with Crippen LogP contribution in [-0.2, 0) is 6.42 Å². The maximum absolute atomic E-state index is 11.1. The highest BCUT2D eigenvalue weighted by Gasteiger charge is 2.33. The monoisotopic (exact) mass is 236 g/mol. The molecule has 17 heavy (non-hydrogen) atoms. The van der Waals surface area contributed by atoms with Crippen molar-refractivity contribution in [3.8, 4) is 0 Å². The molecular weight excluding hydrogens is 224 g/mol. The van der Waals surface area contributed by atoms with Crippen LogP contribution in [0.2, 0.25) is 0 Å². The van der Waals surface area contributed by atoms with Gasteiger partial charge >= 0.3 is 6.09 Å². The number of carbonyl (C=O) groups is 1. The van der Waals surface area contributed by atoms with E-state index in [1.54, 1.807) is 12.1 Å². The summed E-state index contributed by atoms with van der Waals surface area (Å²) in [6.07, 6.45) is -0.497. The third kappa shape index (κ3) is 2.20. The quantitative estimate of drug-likeness (QED) is 0.623. The molecule has 6 nitrogen and oxygen atoms in total. The number of nitrogens with zero attached hydrogens (tertiary/aromatic N) is 2. The zero-order valence-electron chi connectivity index (χ0n) is 9.07. The summed E-state index contributed by atoms with van der Waals surface area (Å²) in [7, 11) is 0. The minimum atomic E-state index is -1.11. The first-order valence-corrected chi connectivity index (χ1v) is 5.28. The van der Waals surface area contributed by atoms with Crippen molar-refractivity contribution in [1.82, 2.24) is 4.90 Å². The van der Waals surface area contributed by atoms with E-state index in [0.29, 0.717) is 13.0 Å². The van der Waals surface area contributed by atoms with Gasteiger partial charge in [0, 0.05) is 11.5 Å². The van der Waals surface area contributed by atoms with Crippen LogP contribution in [0, 0.1) is 10.1 Å². The maximum Gasteiger partial charge on any atom is 0.408 e. The van der Waals surface area contributed by atoms with Gasteiger partial charge in [-0.2, -0.15) is 0 Å². The molecule has 1 aromatic rings. The van der Waals surface area contributed by atoms with Gasteiger partial charge in [-0.3, -0.25) is 15.0 Å². The Morgan fingerprint density at radius 1 is 1.53 bits per heavy atom. The van der Waals surface area contributed by atoms with Crippen molar-refractivity contribution in [3.63, 3.8) is 0 Å². The van der Waals surface area contributed by atoms with Gasteiger partial charge in [0.05, 0.1) is 0 Å². The van der Waals surface area contributed by atoms with E-state index in [2.05, 4.69) is 0 Å². The fourth-order valence-electron chi connectivity index (χ4n) is 2.22. The Hall–Kier alpha value is -2.11. The second kappa shape index (κ2) is 4.40. The average Bonchev–Trinajstić information content (AvgIpc) is 2.28. The first kappa shape index (κ1) is 11.4. The molecule has 1 amide bonds. The second-order valence-corrected chi connectivity index (χ2v) is 3.96. The number of fused-ring (bicyclic) bond motifs is 1. The highest BCUT2D eigenvalue weighted by Crippen LogP contribution is 2.29. The smallest absolute Gasteiger partial charge is 0.408 e. The van der Waals surface area contributed by atoms with Crippen molar-refractivity contribution in [1.29, 1.82) is 0 Å². The van der Waals surface area contributed by atoms with E-state index in [-0.39, 0.29) is 6.54 Å². The van der Waals surface area contributed by atoms with E-state index in [1.165, 1.54) is 0 Å². The van der Waals surface area contributed by atoms with Crippen LogP contribution in [0.4, 0.5) is 4.79 Å². The molecule has 1 aliphatic heterocycles. The average molecular weight is 236 g/mol. The normalized spacial score (nSPS) is 18.6. The van der Waals surface area contributed by atoms with Gasteiger partial charge in [-0.05, 0) is 17.5 Å². The number of hydrogen-bond acceptors (Lipinski definition) is 3. The summed E-state index contributed by atoms with van der Waals surface area (Å²) < 4.78 is 0. The molecule has 1 aromatic carbocycles. The fourth-order valence-corrected chi connectivity index (χ4v) is 2.22. The van der Waals surface area contributed by atoms with E-state index in [4.69, 9.17) is 5.11 Å². The maximum atomic E-state index is 11.1. The Morgan fingerprint density at radius 3 is 2.88 bits per heavy atom. The van der Waals surface area contributed by atoms with Gasteiger partial charge in [0.25, 0.3) is 0 Å². The van der Waals surface area contributed by atoms with Crippen molar-refractivity contribution >= 4 is 6.09 Å². The number of benzene rings is 1. The molecule has 0 bridgehead atoms. The van der Waals surface area contributed by atoms with E-state index in [9.17, 15) is 14.9 Å². The first-order chi connectivity index (χ1) is 8.09. The van der Waals surface area contributed by atoms with Gasteiger partial charge in [-0.25, -0.2) is 4.79 Å². The molecule has 1 aliphatic rings. The number of amides is 1. The zero-order valence-corrected chi connectivity index (χ0v) is 9.07. The Kier molecular flexibility index (Phi) is 2.95. The third-order valence-corrected chi connectivity index (χ3v) is 2.98. The molecule has 90 valence electrons. The number of nitro groups is 1. The van der Waals surface area contributed by atoms with E-state index >= 15 is 0 Å². The fraction of sp³-hybridized carbons (Fsp3) is 0.364. The van der Waals surface area contributed by atoms with E-state index in [0.717, 1.165) is 16.0 Å². The van der Waals surface area contributed by atoms with Gasteiger partial charge in [0.15, 0.2) is 0 Å². The molecule has 0 aromatic heterocycles. The van der Waals surface area contributed by atoms with Crippen LogP contribution in [0.1, 0.15) is 17.2 Å². The standard InChI is InChI=1S/C11H12N2O4/c14-11(15)12-6-5-8-3-1-2-4-9(8)10(12)7-13(16)17/h1-4,10H,5-7H2,(H,14,15). The summed E-state index contributed by atoms with van der Waals surface area (Å²) in [4.78, 5) is 22.4. The Labute approximate surface area is 97.6 Å². The van der Waals surface area contributed by atoms with E-state index in [1.807, 2.05) is 12.1 Å². The Morgan fingerprint density at radius 2 is 2.24 bits per heavy atom. The van der Waals surface area contributed by atoms with Crippen LogP contribution in [0.5, 0.6) is 0 Å². The molecule has 0 radical (unpaired) electrons. The van der Waals surface area contributed by atoms with Crippen molar-refractivity contribution in [2.45, 2.75) is 12.5 Å². The summed E-state index contributed by atoms with van der Waals surface area (Å²) >= 11 is 0. The summed E-state index contributed by atoms with van der Waals surface area (Å²) in [6, 6.07) is 6.61. The van der Waals surface area contributed by atoms with Gasteiger partial charge in [0.2, 0.25) is 6.54 Å². The summed E-state index contributed by atoms with van der Waals surface area (Å²) in [5.74, 6) is 0. The molecule has 1 unspecified atom stereocenters. The molecule has 0 aliphatic carbocycles. The molecule has 1 atom stereocenters. The number of hydrogen-bond donors (Lipinski definition) is 1. The highest BCUT2D eigenvalue weighted by molar-refractivity contribution is 5.66. The lowest BCUT2D eigenvalue weighted by molar-refractivity contribution is -0.487. The number of carboxylic acid groups (broad SMARTS) is 1. The third-order valence-electron chi connectivity index (χ3n) is 2.98. The summed E-state index contributed by atoms with van der Waals surface area (Å²) in [5.41, 5.74) is 1.75. The molecular formula is C11H12N2O4. The van der Waals surface area contributed by atoms with Crippen molar-refractivity contribution < 1.29 is 14.8 Å². The highest BCUT2D eigenvalue weighted by atomic mass is 16.6. The predicted molar refractivity (Wildman–Crippen MR) is 59.5 cm³/mol. The van der Waals surface area contributed by atoms with Crippen LogP contribution < -0.4 is 0 Å². The molecule has 0 saturated carbocycles. The zero-order chi connectivity index (χ0) is 12.4. The van der Waals surface area contributed by atoms with Crippen LogP contribution in [0.15, 0.2) is 24.3 Å². The van der Waals surface area contributed by atoms with E-state index < -0.39 is 17.1 Å². The van der Waals surface area contributed by atoms with Crippen LogP contribution in [0.3, 0.4) is 0 Å². The van der Waals surface area contributed by atoms with Crippen molar-refractivity contribution in [2.24, 2.45) is 0 Å². The first-order valence-electron chi connectivity index (χ1n) is 5.28. The van der Waals surface area contributed by atoms with Gasteiger partial charge in [-0.15, -0.1) is 0 Å². The summed E-state index contributed by atoms with van der Waals surface area (Å²) in [5, 5.41) is 19.7. The SMILES string of the molecule is O=C(O)N1CCc2ccccc2C1C[N+](=O)[O-]. The van der Waals surface area contributed by atoms with Crippen molar-refractivity contribution in [3.05, 3.63) is 45.5 Å². The molecule has 1 N–H and O–H groups in total. The van der Waals surface area contributed by atoms with Gasteiger partial charge in [0.1, 0.15) is 6.04 Å². The largest absolute Gasteiger partial charge is 0.465 e. The van der Waals surface area contributed by atoms with Crippen LogP contribution in [0.25, 0.3) is 0 Å². The minimum Gasteiger partial charge on any atom is -0.465 e. The van der Waals surface area contributed by atoms with Gasteiger partial charge in [-0.1, -0.05) is 24.3 Å².